The largest absolute Gasteiger partial charge is 0.435 e. The Morgan fingerprint density at radius 1 is 1.20 bits per heavy atom. The second-order valence-corrected chi connectivity index (χ2v) is 5.89. The van der Waals surface area contributed by atoms with Gasteiger partial charge in [-0.3, -0.25) is 9.69 Å². The highest BCUT2D eigenvalue weighted by molar-refractivity contribution is 6.30. The van der Waals surface area contributed by atoms with Crippen molar-refractivity contribution in [3.8, 4) is 5.75 Å². The zero-order valence-corrected chi connectivity index (χ0v) is 13.9. The molecule has 5 nitrogen and oxygen atoms in total. The van der Waals surface area contributed by atoms with Gasteiger partial charge < -0.3 is 10.5 Å². The fourth-order valence-electron chi connectivity index (χ4n) is 2.78. The molecule has 0 radical (unpaired) electrons. The lowest BCUT2D eigenvalue weighted by Gasteiger charge is -2.26. The molecule has 2 aromatic rings. The number of alkyl halides is 2. The van der Waals surface area contributed by atoms with E-state index in [9.17, 15) is 13.6 Å². The predicted octanol–water partition coefficient (Wildman–Crippen LogP) is 2.97. The summed E-state index contributed by atoms with van der Waals surface area (Å²) in [6.45, 7) is -2.93. The number of guanidine groups is 1. The smallest absolute Gasteiger partial charge is 0.387 e. The van der Waals surface area contributed by atoms with Gasteiger partial charge in [0, 0.05) is 12.1 Å². The molecule has 130 valence electrons. The molecule has 1 aliphatic rings. The van der Waals surface area contributed by atoms with E-state index in [-0.39, 0.29) is 17.6 Å². The van der Waals surface area contributed by atoms with Crippen LogP contribution in [0.5, 0.6) is 5.75 Å². The van der Waals surface area contributed by atoms with Crippen molar-refractivity contribution in [1.82, 2.24) is 4.90 Å². The van der Waals surface area contributed by atoms with E-state index in [1.807, 2.05) is 0 Å². The first-order valence-electron chi connectivity index (χ1n) is 7.29. The summed E-state index contributed by atoms with van der Waals surface area (Å²) in [5.74, 6) is -0.330. The number of likely N-dealkylation sites (N-methyl/N-ethyl adjacent to an activating group) is 1. The molecule has 0 aromatic heterocycles. The number of nitrogens with zero attached hydrogens (tertiary/aromatic N) is 2. The Balaban J connectivity index is 2.15. The zero-order chi connectivity index (χ0) is 18.2. The Labute approximate surface area is 147 Å². The summed E-state index contributed by atoms with van der Waals surface area (Å²) in [6.07, 6.45) is 0. The molecule has 3 rings (SSSR count). The first-order valence-corrected chi connectivity index (χ1v) is 7.67. The van der Waals surface area contributed by atoms with E-state index in [0.29, 0.717) is 16.1 Å². The molecular weight excluding hydrogens is 352 g/mol. The SMILES string of the molecule is CN1C(=O)C(c2ccc(OC(F)F)cc2)(c2cccc(Cl)c2)N=C1N. The summed E-state index contributed by atoms with van der Waals surface area (Å²) < 4.78 is 29.0. The van der Waals surface area contributed by atoms with E-state index in [1.54, 1.807) is 24.3 Å². The number of carbonyl (C=O) groups is 1. The molecule has 0 bridgehead atoms. The van der Waals surface area contributed by atoms with Crippen LogP contribution in [0, 0.1) is 0 Å². The molecule has 0 spiro atoms. The van der Waals surface area contributed by atoms with Crippen molar-refractivity contribution in [3.05, 3.63) is 64.7 Å². The molecule has 25 heavy (non-hydrogen) atoms. The topological polar surface area (TPSA) is 67.9 Å². The van der Waals surface area contributed by atoms with Gasteiger partial charge in [-0.1, -0.05) is 35.9 Å². The molecule has 1 heterocycles. The van der Waals surface area contributed by atoms with Crippen LogP contribution < -0.4 is 10.5 Å². The number of hydrogen-bond acceptors (Lipinski definition) is 4. The zero-order valence-electron chi connectivity index (χ0n) is 13.1. The molecule has 1 aliphatic heterocycles. The Morgan fingerprint density at radius 3 is 2.40 bits per heavy atom. The Kier molecular flexibility index (Phi) is 4.34. The monoisotopic (exact) mass is 365 g/mol. The van der Waals surface area contributed by atoms with Gasteiger partial charge in [-0.2, -0.15) is 8.78 Å². The Morgan fingerprint density at radius 2 is 1.88 bits per heavy atom. The van der Waals surface area contributed by atoms with E-state index >= 15 is 0 Å². The number of hydrogen-bond donors (Lipinski definition) is 1. The molecule has 1 atom stereocenters. The van der Waals surface area contributed by atoms with Crippen LogP contribution in [-0.4, -0.2) is 30.4 Å². The van der Waals surface area contributed by atoms with Crippen LogP contribution in [-0.2, 0) is 10.3 Å². The summed E-state index contributed by atoms with van der Waals surface area (Å²) in [7, 11) is 1.52. The number of rotatable bonds is 4. The predicted molar refractivity (Wildman–Crippen MR) is 89.7 cm³/mol. The van der Waals surface area contributed by atoms with Gasteiger partial charge in [-0.25, -0.2) is 4.99 Å². The van der Waals surface area contributed by atoms with Crippen molar-refractivity contribution >= 4 is 23.5 Å². The Hall–Kier alpha value is -2.67. The van der Waals surface area contributed by atoms with Crippen molar-refractivity contribution in [2.24, 2.45) is 10.7 Å². The average Bonchev–Trinajstić information content (AvgIpc) is 2.80. The van der Waals surface area contributed by atoms with Gasteiger partial charge in [0.15, 0.2) is 11.5 Å². The minimum absolute atomic E-state index is 0.0178. The maximum atomic E-state index is 12.9. The van der Waals surface area contributed by atoms with Crippen LogP contribution in [0.25, 0.3) is 0 Å². The van der Waals surface area contributed by atoms with Crippen LogP contribution in [0.2, 0.25) is 5.02 Å². The Bertz CT molecular complexity index is 842. The molecule has 0 fully saturated rings. The molecule has 1 unspecified atom stereocenters. The molecular formula is C17H14ClF2N3O2. The fourth-order valence-corrected chi connectivity index (χ4v) is 2.97. The van der Waals surface area contributed by atoms with Crippen molar-refractivity contribution in [1.29, 1.82) is 0 Å². The second-order valence-electron chi connectivity index (χ2n) is 5.46. The van der Waals surface area contributed by atoms with Crippen molar-refractivity contribution in [3.63, 3.8) is 0 Å². The average molecular weight is 366 g/mol. The lowest BCUT2D eigenvalue weighted by molar-refractivity contribution is -0.129. The molecule has 8 heteroatoms. The van der Waals surface area contributed by atoms with E-state index < -0.39 is 12.2 Å². The van der Waals surface area contributed by atoms with Gasteiger partial charge >= 0.3 is 6.61 Å². The third-order valence-electron chi connectivity index (χ3n) is 3.98. The standard InChI is InChI=1S/C17H14ClF2N3O2/c1-23-14(24)17(22-16(23)21,11-3-2-4-12(18)9-11)10-5-7-13(8-6-10)25-15(19)20/h2-9,15H,1H3,(H2,21,22). The third-order valence-corrected chi connectivity index (χ3v) is 4.21. The van der Waals surface area contributed by atoms with Gasteiger partial charge in [0.05, 0.1) is 0 Å². The first-order chi connectivity index (χ1) is 11.8. The van der Waals surface area contributed by atoms with Gasteiger partial charge in [0.2, 0.25) is 0 Å². The normalized spacial score (nSPS) is 20.1. The van der Waals surface area contributed by atoms with Crippen LogP contribution in [0.3, 0.4) is 0 Å². The lowest BCUT2D eigenvalue weighted by atomic mass is 9.83. The van der Waals surface area contributed by atoms with Gasteiger partial charge in [-0.05, 0) is 35.4 Å². The highest BCUT2D eigenvalue weighted by atomic mass is 35.5. The second kappa shape index (κ2) is 6.33. The summed E-state index contributed by atoms with van der Waals surface area (Å²) in [5.41, 5.74) is 5.42. The number of benzene rings is 2. The molecule has 2 aromatic carbocycles. The van der Waals surface area contributed by atoms with Gasteiger partial charge in [0.1, 0.15) is 5.75 Å². The molecule has 0 saturated carbocycles. The number of aliphatic imine (C=N–C) groups is 1. The fraction of sp³-hybridized carbons (Fsp3) is 0.176. The summed E-state index contributed by atoms with van der Waals surface area (Å²) in [5, 5.41) is 0.436. The van der Waals surface area contributed by atoms with Crippen LogP contribution in [0.1, 0.15) is 11.1 Å². The third kappa shape index (κ3) is 2.91. The molecule has 2 N–H and O–H groups in total. The number of halogens is 3. The highest BCUT2D eigenvalue weighted by Crippen LogP contribution is 2.40. The van der Waals surface area contributed by atoms with Crippen LogP contribution in [0.15, 0.2) is 53.5 Å². The number of nitrogens with two attached hydrogens (primary N) is 1. The van der Waals surface area contributed by atoms with Crippen molar-refractivity contribution < 1.29 is 18.3 Å². The highest BCUT2D eigenvalue weighted by Gasteiger charge is 2.49. The van der Waals surface area contributed by atoms with Crippen LogP contribution >= 0.6 is 11.6 Å². The maximum Gasteiger partial charge on any atom is 0.387 e. The summed E-state index contributed by atoms with van der Waals surface area (Å²) in [4.78, 5) is 18.6. The van der Waals surface area contributed by atoms with Crippen molar-refractivity contribution in [2.45, 2.75) is 12.2 Å². The number of amides is 1. The van der Waals surface area contributed by atoms with E-state index in [1.165, 1.54) is 36.2 Å². The van der Waals surface area contributed by atoms with E-state index in [0.717, 1.165) is 0 Å². The first kappa shape index (κ1) is 17.2. The number of carbonyl (C=O) groups excluding carboxylic acids is 1. The quantitative estimate of drug-likeness (QED) is 0.905. The molecule has 0 saturated heterocycles. The van der Waals surface area contributed by atoms with Gasteiger partial charge in [-0.15, -0.1) is 0 Å². The van der Waals surface area contributed by atoms with E-state index in [4.69, 9.17) is 17.3 Å². The molecule has 1 amide bonds. The lowest BCUT2D eigenvalue weighted by Crippen LogP contribution is -2.41. The van der Waals surface area contributed by atoms with Crippen molar-refractivity contribution in [2.75, 3.05) is 7.05 Å². The number of ether oxygens (including phenoxy) is 1. The summed E-state index contributed by atoms with van der Waals surface area (Å²) in [6, 6.07) is 12.4. The van der Waals surface area contributed by atoms with Gasteiger partial charge in [0.25, 0.3) is 5.91 Å². The minimum Gasteiger partial charge on any atom is -0.435 e. The maximum absolute atomic E-state index is 12.9. The summed E-state index contributed by atoms with van der Waals surface area (Å²) >= 11 is 6.07. The molecule has 0 aliphatic carbocycles. The van der Waals surface area contributed by atoms with Crippen LogP contribution in [0.4, 0.5) is 8.78 Å². The van der Waals surface area contributed by atoms with E-state index in [2.05, 4.69) is 9.73 Å². The minimum atomic E-state index is -2.93.